The molecule has 32 heavy (non-hydrogen) atoms. The van der Waals surface area contributed by atoms with Crippen LogP contribution in [0.15, 0.2) is 11.6 Å². The van der Waals surface area contributed by atoms with E-state index in [0.29, 0.717) is 31.1 Å². The zero-order valence-corrected chi connectivity index (χ0v) is 20.3. The highest BCUT2D eigenvalue weighted by Gasteiger charge is 2.64. The molecule has 0 aromatic carbocycles. The number of hydrogen-bond acceptors (Lipinski definition) is 5. The molecule has 0 saturated heterocycles. The number of ketones is 1. The van der Waals surface area contributed by atoms with Gasteiger partial charge in [0.2, 0.25) is 0 Å². The van der Waals surface area contributed by atoms with E-state index in [0.717, 1.165) is 32.1 Å². The van der Waals surface area contributed by atoms with Gasteiger partial charge in [-0.1, -0.05) is 33.3 Å². The van der Waals surface area contributed by atoms with Gasteiger partial charge < -0.3 is 20.4 Å². The van der Waals surface area contributed by atoms with E-state index >= 15 is 0 Å². The normalized spacial score (nSPS) is 46.5. The van der Waals surface area contributed by atoms with E-state index in [1.54, 1.807) is 0 Å². The first-order valence-electron chi connectivity index (χ1n) is 12.9. The molecule has 0 aromatic rings. The Morgan fingerprint density at radius 2 is 1.84 bits per heavy atom. The molecule has 0 amide bonds. The second-order valence-corrected chi connectivity index (χ2v) is 12.3. The van der Waals surface area contributed by atoms with E-state index in [-0.39, 0.29) is 46.9 Å². The third-order valence-electron chi connectivity index (χ3n) is 10.4. The van der Waals surface area contributed by atoms with Crippen LogP contribution in [0.2, 0.25) is 0 Å². The monoisotopic (exact) mass is 448 g/mol. The second kappa shape index (κ2) is 8.79. The molecule has 0 radical (unpaired) electrons. The average molecular weight is 449 g/mol. The SMILES string of the molecule is C[C@H](CO)CC[C@@H](O)[C@@H](C)[C@H]1[C@@H](O)CC2C3CCC4=CC(=O)CC[C@]4(C)C3[C@H](O)C[C@@]21C. The minimum atomic E-state index is -0.517. The molecule has 182 valence electrons. The van der Waals surface area contributed by atoms with Gasteiger partial charge in [-0.2, -0.15) is 0 Å². The van der Waals surface area contributed by atoms with Gasteiger partial charge in [0.05, 0.1) is 18.3 Å². The summed E-state index contributed by atoms with van der Waals surface area (Å²) in [6.45, 7) is 8.68. The summed E-state index contributed by atoms with van der Waals surface area (Å²) in [6, 6.07) is 0. The van der Waals surface area contributed by atoms with Crippen molar-refractivity contribution < 1.29 is 25.2 Å². The van der Waals surface area contributed by atoms with Gasteiger partial charge in [0.1, 0.15) is 0 Å². The lowest BCUT2D eigenvalue weighted by Gasteiger charge is -2.60. The summed E-state index contributed by atoms with van der Waals surface area (Å²) in [5.41, 5.74) is 0.909. The van der Waals surface area contributed by atoms with Crippen molar-refractivity contribution in [2.24, 2.45) is 46.3 Å². The number of fused-ring (bicyclic) bond motifs is 5. The van der Waals surface area contributed by atoms with Crippen molar-refractivity contribution in [3.63, 3.8) is 0 Å². The topological polar surface area (TPSA) is 98.0 Å². The van der Waals surface area contributed by atoms with E-state index in [1.807, 2.05) is 13.0 Å². The molecule has 5 nitrogen and oxygen atoms in total. The van der Waals surface area contributed by atoms with E-state index in [9.17, 15) is 25.2 Å². The van der Waals surface area contributed by atoms with Crippen LogP contribution in [0.4, 0.5) is 0 Å². The predicted octanol–water partition coefficient (Wildman–Crippen LogP) is 3.48. The fourth-order valence-corrected chi connectivity index (χ4v) is 8.74. The number of carbonyl (C=O) groups is 1. The predicted molar refractivity (Wildman–Crippen MR) is 124 cm³/mol. The van der Waals surface area contributed by atoms with Crippen LogP contribution in [0.3, 0.4) is 0 Å². The Labute approximate surface area is 193 Å². The standard InChI is InChI=1S/C27H44O5/c1-15(14-28)5-8-21(30)16(2)24-22(31)12-20-19-7-6-17-11-18(29)9-10-26(17,3)25(19)23(32)13-27(20,24)4/h11,15-16,19-25,28,30-32H,5-10,12-14H2,1-4H3/t15-,16+,19?,20?,21+,22-,23+,24-,25?,26-,27-/m0/s1. The Morgan fingerprint density at radius 1 is 1.12 bits per heavy atom. The minimum absolute atomic E-state index is 0.0415. The van der Waals surface area contributed by atoms with Crippen molar-refractivity contribution in [2.45, 2.75) is 97.4 Å². The summed E-state index contributed by atoms with van der Waals surface area (Å²) in [5.74, 6) is 1.11. The highest BCUT2D eigenvalue weighted by atomic mass is 16.3. The number of hydrogen-bond donors (Lipinski definition) is 4. The first-order valence-corrected chi connectivity index (χ1v) is 12.9. The van der Waals surface area contributed by atoms with Crippen molar-refractivity contribution in [3.05, 3.63) is 11.6 Å². The molecule has 5 heteroatoms. The molecule has 0 aliphatic heterocycles. The molecular formula is C27H44O5. The molecule has 0 aromatic heterocycles. The van der Waals surface area contributed by atoms with Gasteiger partial charge in [-0.25, -0.2) is 0 Å². The number of aliphatic hydroxyl groups excluding tert-OH is 4. The maximum absolute atomic E-state index is 12.1. The first-order chi connectivity index (χ1) is 15.0. The number of allylic oxidation sites excluding steroid dienone is 1. The molecule has 0 bridgehead atoms. The van der Waals surface area contributed by atoms with E-state index < -0.39 is 18.3 Å². The van der Waals surface area contributed by atoms with Gasteiger partial charge in [-0.3, -0.25) is 4.79 Å². The average Bonchev–Trinajstić information content (AvgIpc) is 3.00. The van der Waals surface area contributed by atoms with Gasteiger partial charge in [0.15, 0.2) is 5.78 Å². The van der Waals surface area contributed by atoms with Crippen LogP contribution in [-0.4, -0.2) is 51.1 Å². The quantitative estimate of drug-likeness (QED) is 0.499. The van der Waals surface area contributed by atoms with E-state index in [2.05, 4.69) is 20.8 Å². The van der Waals surface area contributed by atoms with Crippen molar-refractivity contribution in [3.8, 4) is 0 Å². The van der Waals surface area contributed by atoms with E-state index in [1.165, 1.54) is 5.57 Å². The maximum Gasteiger partial charge on any atom is 0.155 e. The molecule has 4 aliphatic carbocycles. The van der Waals surface area contributed by atoms with Gasteiger partial charge in [0, 0.05) is 13.0 Å². The summed E-state index contributed by atoms with van der Waals surface area (Å²) in [4.78, 5) is 12.1. The van der Waals surface area contributed by atoms with Crippen LogP contribution in [0.25, 0.3) is 0 Å². The Kier molecular flexibility index (Phi) is 6.70. The Morgan fingerprint density at radius 3 is 2.53 bits per heavy atom. The van der Waals surface area contributed by atoms with Crippen molar-refractivity contribution in [1.82, 2.24) is 0 Å². The first kappa shape index (κ1) is 24.4. The fraction of sp³-hybridized carbons (Fsp3) is 0.889. The zero-order valence-electron chi connectivity index (χ0n) is 20.3. The van der Waals surface area contributed by atoms with Gasteiger partial charge >= 0.3 is 0 Å². The van der Waals surface area contributed by atoms with Crippen LogP contribution >= 0.6 is 0 Å². The lowest BCUT2D eigenvalue weighted by atomic mass is 9.45. The molecule has 4 rings (SSSR count). The molecule has 0 heterocycles. The molecule has 11 atom stereocenters. The smallest absolute Gasteiger partial charge is 0.155 e. The molecule has 4 aliphatic rings. The Balaban J connectivity index is 1.58. The van der Waals surface area contributed by atoms with Crippen LogP contribution in [0, 0.1) is 46.3 Å². The molecule has 3 fully saturated rings. The molecule has 3 unspecified atom stereocenters. The Hall–Kier alpha value is -0.750. The number of carbonyl (C=O) groups excluding carboxylic acids is 1. The zero-order chi connectivity index (χ0) is 23.4. The van der Waals surface area contributed by atoms with Crippen LogP contribution < -0.4 is 0 Å². The summed E-state index contributed by atoms with van der Waals surface area (Å²) in [6.07, 6.45) is 6.50. The summed E-state index contributed by atoms with van der Waals surface area (Å²) in [5, 5.41) is 43.1. The van der Waals surface area contributed by atoms with E-state index in [4.69, 9.17) is 0 Å². The molecule has 0 spiro atoms. The van der Waals surface area contributed by atoms with Gasteiger partial charge in [-0.05, 0) is 97.4 Å². The summed E-state index contributed by atoms with van der Waals surface area (Å²) in [7, 11) is 0. The highest BCUT2D eigenvalue weighted by molar-refractivity contribution is 5.91. The summed E-state index contributed by atoms with van der Waals surface area (Å²) >= 11 is 0. The van der Waals surface area contributed by atoms with Crippen LogP contribution in [0.5, 0.6) is 0 Å². The number of aliphatic hydroxyl groups is 4. The molecule has 3 saturated carbocycles. The van der Waals surface area contributed by atoms with Crippen LogP contribution in [0.1, 0.15) is 79.1 Å². The van der Waals surface area contributed by atoms with Crippen molar-refractivity contribution in [2.75, 3.05) is 6.61 Å². The van der Waals surface area contributed by atoms with Gasteiger partial charge in [0.25, 0.3) is 0 Å². The third-order valence-corrected chi connectivity index (χ3v) is 10.4. The summed E-state index contributed by atoms with van der Waals surface area (Å²) < 4.78 is 0. The minimum Gasteiger partial charge on any atom is -0.396 e. The largest absolute Gasteiger partial charge is 0.396 e. The van der Waals surface area contributed by atoms with Crippen LogP contribution in [-0.2, 0) is 4.79 Å². The Bertz CT molecular complexity index is 748. The lowest BCUT2D eigenvalue weighted by molar-refractivity contribution is -0.142. The molecule has 4 N–H and O–H groups in total. The lowest BCUT2D eigenvalue weighted by Crippen LogP contribution is -2.57. The highest BCUT2D eigenvalue weighted by Crippen LogP contribution is 2.67. The van der Waals surface area contributed by atoms with Crippen molar-refractivity contribution in [1.29, 1.82) is 0 Å². The fourth-order valence-electron chi connectivity index (χ4n) is 8.74. The molecular weight excluding hydrogens is 404 g/mol. The van der Waals surface area contributed by atoms with Crippen molar-refractivity contribution >= 4 is 5.78 Å². The second-order valence-electron chi connectivity index (χ2n) is 12.3. The maximum atomic E-state index is 12.1. The third kappa shape index (κ3) is 3.81. The van der Waals surface area contributed by atoms with Gasteiger partial charge in [-0.15, -0.1) is 0 Å². The number of rotatable bonds is 6.